The lowest BCUT2D eigenvalue weighted by Crippen LogP contribution is -2.42. The van der Waals surface area contributed by atoms with Crippen molar-refractivity contribution in [3.8, 4) is 0 Å². The first kappa shape index (κ1) is 13.4. The first-order chi connectivity index (χ1) is 6.33. The van der Waals surface area contributed by atoms with Gasteiger partial charge in [-0.15, -0.1) is 13.2 Å². The quantitative estimate of drug-likeness (QED) is 0.614. The van der Waals surface area contributed by atoms with Gasteiger partial charge in [0.15, 0.2) is 0 Å². The van der Waals surface area contributed by atoms with Crippen LogP contribution in [-0.4, -0.2) is 11.1 Å². The lowest BCUT2D eigenvalue weighted by Gasteiger charge is -2.29. The predicted octanol–water partition coefficient (Wildman–Crippen LogP) is 2.35. The molecule has 0 aromatic carbocycles. The van der Waals surface area contributed by atoms with Gasteiger partial charge in [0.1, 0.15) is 0 Å². The van der Waals surface area contributed by atoms with Crippen LogP contribution in [-0.2, 0) is 0 Å². The van der Waals surface area contributed by atoms with Crippen molar-refractivity contribution in [1.82, 2.24) is 0 Å². The van der Waals surface area contributed by atoms with Gasteiger partial charge >= 0.3 is 0 Å². The van der Waals surface area contributed by atoms with Gasteiger partial charge < -0.3 is 11.5 Å². The lowest BCUT2D eigenvalue weighted by molar-refractivity contribution is 0.342. The highest BCUT2D eigenvalue weighted by atomic mass is 14.7. The van der Waals surface area contributed by atoms with E-state index in [4.69, 9.17) is 11.5 Å². The highest BCUT2D eigenvalue weighted by Crippen LogP contribution is 2.21. The monoisotopic (exact) mass is 196 g/mol. The molecule has 0 rings (SSSR count). The van der Waals surface area contributed by atoms with Crippen LogP contribution in [0.15, 0.2) is 25.3 Å². The van der Waals surface area contributed by atoms with E-state index < -0.39 is 0 Å². The smallest absolute Gasteiger partial charge is 0.0161 e. The molecule has 2 heteroatoms. The zero-order valence-electron chi connectivity index (χ0n) is 9.55. The second-order valence-electron chi connectivity index (χ2n) is 4.79. The molecule has 0 spiro atoms. The molecule has 0 heterocycles. The van der Waals surface area contributed by atoms with Crippen molar-refractivity contribution in [2.24, 2.45) is 11.5 Å². The van der Waals surface area contributed by atoms with Crippen LogP contribution in [0.5, 0.6) is 0 Å². The standard InChI is InChI=1S/C12H24N2/c1-5-7-11(3,13)9-10-12(4,14)8-6-2/h5-6H,1-2,7-10,13-14H2,3-4H3. The van der Waals surface area contributed by atoms with E-state index >= 15 is 0 Å². The van der Waals surface area contributed by atoms with Crippen molar-refractivity contribution in [2.75, 3.05) is 0 Å². The van der Waals surface area contributed by atoms with Gasteiger partial charge in [-0.3, -0.25) is 0 Å². The fourth-order valence-corrected chi connectivity index (χ4v) is 1.43. The highest BCUT2D eigenvalue weighted by molar-refractivity contribution is 4.93. The molecule has 0 radical (unpaired) electrons. The molecule has 14 heavy (non-hydrogen) atoms. The van der Waals surface area contributed by atoms with E-state index in [1.807, 2.05) is 26.0 Å². The van der Waals surface area contributed by atoms with Gasteiger partial charge in [0.05, 0.1) is 0 Å². The summed E-state index contributed by atoms with van der Waals surface area (Å²) in [6.07, 6.45) is 7.22. The fraction of sp³-hybridized carbons (Fsp3) is 0.667. The van der Waals surface area contributed by atoms with E-state index in [9.17, 15) is 0 Å². The average molecular weight is 196 g/mol. The van der Waals surface area contributed by atoms with Crippen LogP contribution in [0, 0.1) is 0 Å². The minimum absolute atomic E-state index is 0.177. The Morgan fingerprint density at radius 2 is 1.21 bits per heavy atom. The zero-order valence-corrected chi connectivity index (χ0v) is 9.55. The molecule has 4 N–H and O–H groups in total. The summed E-state index contributed by atoms with van der Waals surface area (Å²) in [7, 11) is 0. The van der Waals surface area contributed by atoms with Crippen LogP contribution >= 0.6 is 0 Å². The Balaban J connectivity index is 4.02. The molecule has 0 aliphatic heterocycles. The Hall–Kier alpha value is -0.600. The fourth-order valence-electron chi connectivity index (χ4n) is 1.43. The highest BCUT2D eigenvalue weighted by Gasteiger charge is 2.23. The summed E-state index contributed by atoms with van der Waals surface area (Å²) < 4.78 is 0. The van der Waals surface area contributed by atoms with E-state index in [0.717, 1.165) is 25.7 Å². The molecule has 2 atom stereocenters. The third-order valence-electron chi connectivity index (χ3n) is 2.49. The first-order valence-electron chi connectivity index (χ1n) is 5.12. The van der Waals surface area contributed by atoms with Crippen molar-refractivity contribution >= 4 is 0 Å². The molecule has 0 saturated heterocycles. The molecule has 2 unspecified atom stereocenters. The Kier molecular flexibility index (Phi) is 5.09. The van der Waals surface area contributed by atoms with Crippen LogP contribution in [0.1, 0.15) is 39.5 Å². The molecule has 0 aliphatic carbocycles. The van der Waals surface area contributed by atoms with Crippen molar-refractivity contribution in [3.63, 3.8) is 0 Å². The molecule has 0 aromatic heterocycles. The topological polar surface area (TPSA) is 52.0 Å². The first-order valence-corrected chi connectivity index (χ1v) is 5.12. The van der Waals surface area contributed by atoms with Crippen molar-refractivity contribution < 1.29 is 0 Å². The molecule has 0 amide bonds. The number of rotatable bonds is 7. The van der Waals surface area contributed by atoms with Gasteiger partial charge in [0.2, 0.25) is 0 Å². The van der Waals surface area contributed by atoms with Gasteiger partial charge in [-0.25, -0.2) is 0 Å². The maximum absolute atomic E-state index is 6.08. The van der Waals surface area contributed by atoms with E-state index in [1.54, 1.807) is 0 Å². The molecule has 82 valence electrons. The van der Waals surface area contributed by atoms with Gasteiger partial charge in [0.25, 0.3) is 0 Å². The van der Waals surface area contributed by atoms with Crippen molar-refractivity contribution in [2.45, 2.75) is 50.6 Å². The molecule has 0 bridgehead atoms. The summed E-state index contributed by atoms with van der Waals surface area (Å²) in [6.45, 7) is 11.5. The third kappa shape index (κ3) is 5.95. The molecular formula is C12H24N2. The maximum Gasteiger partial charge on any atom is 0.0161 e. The lowest BCUT2D eigenvalue weighted by atomic mass is 9.85. The SMILES string of the molecule is C=CCC(C)(N)CCC(C)(N)CC=C. The molecular weight excluding hydrogens is 172 g/mol. The maximum atomic E-state index is 6.08. The Morgan fingerprint density at radius 1 is 0.929 bits per heavy atom. The summed E-state index contributed by atoms with van der Waals surface area (Å²) in [4.78, 5) is 0. The Labute approximate surface area is 88.1 Å². The summed E-state index contributed by atoms with van der Waals surface area (Å²) in [5.41, 5.74) is 11.8. The molecule has 0 fully saturated rings. The second-order valence-corrected chi connectivity index (χ2v) is 4.79. The third-order valence-corrected chi connectivity index (χ3v) is 2.49. The molecule has 0 saturated carbocycles. The number of nitrogens with two attached hydrogens (primary N) is 2. The van der Waals surface area contributed by atoms with Crippen LogP contribution in [0.4, 0.5) is 0 Å². The van der Waals surface area contributed by atoms with Crippen molar-refractivity contribution in [1.29, 1.82) is 0 Å². The van der Waals surface area contributed by atoms with Crippen molar-refractivity contribution in [3.05, 3.63) is 25.3 Å². The number of hydrogen-bond acceptors (Lipinski definition) is 2. The molecule has 0 aromatic rings. The van der Waals surface area contributed by atoms with E-state index in [2.05, 4.69) is 13.2 Å². The van der Waals surface area contributed by atoms with Gasteiger partial charge in [-0.05, 0) is 39.5 Å². The van der Waals surface area contributed by atoms with Crippen LogP contribution in [0.2, 0.25) is 0 Å². The van der Waals surface area contributed by atoms with Crippen LogP contribution in [0.3, 0.4) is 0 Å². The van der Waals surface area contributed by atoms with Gasteiger partial charge in [0, 0.05) is 11.1 Å². The minimum Gasteiger partial charge on any atom is -0.325 e. The largest absolute Gasteiger partial charge is 0.325 e. The Morgan fingerprint density at radius 3 is 1.43 bits per heavy atom. The van der Waals surface area contributed by atoms with Gasteiger partial charge in [-0.1, -0.05) is 12.2 Å². The van der Waals surface area contributed by atoms with E-state index in [-0.39, 0.29) is 11.1 Å². The number of hydrogen-bond donors (Lipinski definition) is 2. The Bertz CT molecular complexity index is 170. The van der Waals surface area contributed by atoms with Gasteiger partial charge in [-0.2, -0.15) is 0 Å². The average Bonchev–Trinajstić information content (AvgIpc) is 2.01. The predicted molar refractivity (Wildman–Crippen MR) is 64.0 cm³/mol. The minimum atomic E-state index is -0.177. The zero-order chi connectivity index (χ0) is 11.2. The summed E-state index contributed by atoms with van der Waals surface area (Å²) in [6, 6.07) is 0. The summed E-state index contributed by atoms with van der Waals surface area (Å²) >= 11 is 0. The van der Waals surface area contributed by atoms with E-state index in [0.29, 0.717) is 0 Å². The second kappa shape index (κ2) is 5.32. The molecule has 0 aliphatic rings. The van der Waals surface area contributed by atoms with Crippen LogP contribution < -0.4 is 11.5 Å². The van der Waals surface area contributed by atoms with Crippen LogP contribution in [0.25, 0.3) is 0 Å². The summed E-state index contributed by atoms with van der Waals surface area (Å²) in [5.74, 6) is 0. The molecule has 2 nitrogen and oxygen atoms in total. The normalized spacial score (nSPS) is 19.4. The summed E-state index contributed by atoms with van der Waals surface area (Å²) in [5, 5.41) is 0. The van der Waals surface area contributed by atoms with E-state index in [1.165, 1.54) is 0 Å².